The Kier molecular flexibility index (Phi) is 4.65. The number of hydrogen-bond donors (Lipinski definition) is 2. The highest BCUT2D eigenvalue weighted by atomic mass is 19.2. The van der Waals surface area contributed by atoms with E-state index < -0.39 is 23.2 Å². The number of aryl methyl sites for hydroxylation is 3. The van der Waals surface area contributed by atoms with Crippen LogP contribution in [0.15, 0.2) is 41.2 Å². The van der Waals surface area contributed by atoms with Gasteiger partial charge < -0.3 is 10.1 Å². The molecule has 2 N–H and O–H groups in total. The highest BCUT2D eigenvalue weighted by molar-refractivity contribution is 6.11. The number of carbonyl (C=O) groups is 1. The van der Waals surface area contributed by atoms with Gasteiger partial charge in [-0.3, -0.25) is 9.59 Å². The Bertz CT molecular complexity index is 1400. The van der Waals surface area contributed by atoms with Crippen molar-refractivity contribution in [2.75, 3.05) is 0 Å². The summed E-state index contributed by atoms with van der Waals surface area (Å²) in [5.41, 5.74) is 4.35. The van der Waals surface area contributed by atoms with Gasteiger partial charge in [-0.05, 0) is 66.1 Å². The van der Waals surface area contributed by atoms with Gasteiger partial charge in [-0.25, -0.2) is 8.78 Å². The number of fused-ring (bicyclic) bond motifs is 3. The Morgan fingerprint density at radius 3 is 2.17 bits per heavy atom. The number of nitrogens with one attached hydrogen (secondary N) is 1. The zero-order valence-corrected chi connectivity index (χ0v) is 16.7. The molecule has 0 aliphatic carbocycles. The lowest BCUT2D eigenvalue weighted by atomic mass is 9.85. The molecule has 0 amide bonds. The van der Waals surface area contributed by atoms with Crippen LogP contribution in [0.3, 0.4) is 0 Å². The molecule has 0 atom stereocenters. The highest BCUT2D eigenvalue weighted by Crippen LogP contribution is 2.39. The third-order valence-electron chi connectivity index (χ3n) is 5.61. The van der Waals surface area contributed by atoms with Crippen molar-refractivity contribution < 1.29 is 18.7 Å². The minimum atomic E-state index is -1.09. The monoisotopic (exact) mass is 407 g/mol. The number of benzene rings is 3. The first-order valence-electron chi connectivity index (χ1n) is 9.44. The minimum Gasteiger partial charge on any atom is -0.481 e. The van der Waals surface area contributed by atoms with Gasteiger partial charge in [0.1, 0.15) is 0 Å². The molecule has 0 saturated carbocycles. The summed E-state index contributed by atoms with van der Waals surface area (Å²) in [5, 5.41) is 10.4. The summed E-state index contributed by atoms with van der Waals surface area (Å²) in [5.74, 6) is -3.14. The molecular formula is C24H19F2NO3. The van der Waals surface area contributed by atoms with Crippen LogP contribution >= 0.6 is 0 Å². The van der Waals surface area contributed by atoms with E-state index in [1.165, 1.54) is 0 Å². The first kappa shape index (κ1) is 19.8. The van der Waals surface area contributed by atoms with Crippen LogP contribution in [0.4, 0.5) is 8.78 Å². The van der Waals surface area contributed by atoms with Crippen molar-refractivity contribution in [3.05, 3.63) is 80.6 Å². The zero-order valence-electron chi connectivity index (χ0n) is 16.7. The normalized spacial score (nSPS) is 11.4. The van der Waals surface area contributed by atoms with E-state index in [-0.39, 0.29) is 11.8 Å². The second-order valence-corrected chi connectivity index (χ2v) is 7.56. The van der Waals surface area contributed by atoms with Crippen molar-refractivity contribution in [3.63, 3.8) is 0 Å². The Morgan fingerprint density at radius 1 is 0.967 bits per heavy atom. The van der Waals surface area contributed by atoms with Gasteiger partial charge in [0.25, 0.3) is 5.56 Å². The van der Waals surface area contributed by atoms with Gasteiger partial charge in [-0.15, -0.1) is 0 Å². The Hall–Kier alpha value is -3.54. The molecule has 0 bridgehead atoms. The number of hydrogen-bond acceptors (Lipinski definition) is 2. The third-order valence-corrected chi connectivity index (χ3v) is 5.61. The molecule has 4 aromatic rings. The maximum absolute atomic E-state index is 14.1. The number of H-pyrrole nitrogens is 1. The molecule has 152 valence electrons. The summed E-state index contributed by atoms with van der Waals surface area (Å²) in [6.07, 6.45) is -0.232. The van der Waals surface area contributed by atoms with Crippen molar-refractivity contribution in [2.24, 2.45) is 0 Å². The number of aliphatic carboxylic acids is 1. The molecule has 0 aliphatic heterocycles. The average molecular weight is 407 g/mol. The maximum Gasteiger partial charge on any atom is 0.307 e. The fourth-order valence-electron chi connectivity index (χ4n) is 4.16. The summed E-state index contributed by atoms with van der Waals surface area (Å²) >= 11 is 0. The predicted molar refractivity (Wildman–Crippen MR) is 113 cm³/mol. The summed E-state index contributed by atoms with van der Waals surface area (Å²) in [6, 6.07) is 9.60. The maximum atomic E-state index is 14.1. The van der Waals surface area contributed by atoms with Gasteiger partial charge in [0.15, 0.2) is 11.6 Å². The van der Waals surface area contributed by atoms with Crippen molar-refractivity contribution in [2.45, 2.75) is 27.2 Å². The lowest BCUT2D eigenvalue weighted by molar-refractivity contribution is -0.136. The van der Waals surface area contributed by atoms with E-state index in [2.05, 4.69) is 4.98 Å². The van der Waals surface area contributed by atoms with Crippen LogP contribution in [-0.4, -0.2) is 16.1 Å². The highest BCUT2D eigenvalue weighted by Gasteiger charge is 2.22. The average Bonchev–Trinajstić information content (AvgIpc) is 2.68. The number of carboxylic acids is 1. The lowest BCUT2D eigenvalue weighted by Gasteiger charge is -2.20. The van der Waals surface area contributed by atoms with Crippen LogP contribution in [0, 0.1) is 32.4 Å². The number of rotatable bonds is 3. The van der Waals surface area contributed by atoms with E-state index in [4.69, 9.17) is 0 Å². The molecule has 6 heteroatoms. The Morgan fingerprint density at radius 2 is 1.57 bits per heavy atom. The van der Waals surface area contributed by atoms with E-state index in [0.717, 1.165) is 28.8 Å². The van der Waals surface area contributed by atoms with Crippen molar-refractivity contribution in [1.29, 1.82) is 0 Å². The largest absolute Gasteiger partial charge is 0.481 e. The number of aromatic amines is 1. The molecule has 0 unspecified atom stereocenters. The Labute approximate surface area is 170 Å². The topological polar surface area (TPSA) is 70.2 Å². The quantitative estimate of drug-likeness (QED) is 0.460. The molecular weight excluding hydrogens is 388 g/mol. The molecule has 0 radical (unpaired) electrons. The SMILES string of the molecule is Cc1ccc(-c2c(CC(=O)O)c(C)c3[nH]c(=O)c4cc(F)c(F)cc4c3c2C)cc1. The molecule has 4 rings (SSSR count). The van der Waals surface area contributed by atoms with E-state index >= 15 is 0 Å². The van der Waals surface area contributed by atoms with E-state index in [0.29, 0.717) is 33.0 Å². The van der Waals surface area contributed by atoms with E-state index in [1.807, 2.05) is 31.2 Å². The summed E-state index contributed by atoms with van der Waals surface area (Å²) in [4.78, 5) is 26.9. The summed E-state index contributed by atoms with van der Waals surface area (Å²) in [7, 11) is 0. The smallest absolute Gasteiger partial charge is 0.307 e. The van der Waals surface area contributed by atoms with Gasteiger partial charge in [0.2, 0.25) is 0 Å². The van der Waals surface area contributed by atoms with Crippen LogP contribution in [0.25, 0.3) is 32.8 Å². The molecule has 0 fully saturated rings. The van der Waals surface area contributed by atoms with Crippen molar-refractivity contribution in [1.82, 2.24) is 4.98 Å². The standard InChI is InChI=1S/C24H19F2NO3/c1-11-4-6-14(7-5-11)21-13(3)22-16-8-18(25)19(26)9-17(16)24(30)27-23(22)12(2)15(21)10-20(28)29/h4-9H,10H2,1-3H3,(H,27,30)(H,28,29). The molecule has 30 heavy (non-hydrogen) atoms. The molecule has 0 aliphatic rings. The lowest BCUT2D eigenvalue weighted by Crippen LogP contribution is -2.12. The van der Waals surface area contributed by atoms with Gasteiger partial charge >= 0.3 is 5.97 Å². The van der Waals surface area contributed by atoms with E-state index in [9.17, 15) is 23.5 Å². The first-order valence-corrected chi connectivity index (χ1v) is 9.44. The van der Waals surface area contributed by atoms with Crippen LogP contribution in [0.5, 0.6) is 0 Å². The molecule has 1 heterocycles. The number of halogens is 2. The minimum absolute atomic E-state index is 0.0461. The first-order chi connectivity index (χ1) is 14.2. The molecule has 1 aromatic heterocycles. The summed E-state index contributed by atoms with van der Waals surface area (Å²) < 4.78 is 27.9. The van der Waals surface area contributed by atoms with Crippen LogP contribution in [0.2, 0.25) is 0 Å². The van der Waals surface area contributed by atoms with Crippen molar-refractivity contribution >= 4 is 27.6 Å². The van der Waals surface area contributed by atoms with Crippen LogP contribution < -0.4 is 5.56 Å². The third kappa shape index (κ3) is 3.05. The second kappa shape index (κ2) is 7.06. The zero-order chi connectivity index (χ0) is 21.7. The van der Waals surface area contributed by atoms with Gasteiger partial charge in [0.05, 0.1) is 17.3 Å². The van der Waals surface area contributed by atoms with Crippen LogP contribution in [0.1, 0.15) is 22.3 Å². The molecule has 3 aromatic carbocycles. The molecule has 4 nitrogen and oxygen atoms in total. The van der Waals surface area contributed by atoms with Crippen molar-refractivity contribution in [3.8, 4) is 11.1 Å². The fraction of sp³-hybridized carbons (Fsp3) is 0.167. The molecule has 0 spiro atoms. The van der Waals surface area contributed by atoms with E-state index in [1.54, 1.807) is 13.8 Å². The summed E-state index contributed by atoms with van der Waals surface area (Å²) in [6.45, 7) is 5.50. The predicted octanol–water partition coefficient (Wildman–Crippen LogP) is 5.18. The second-order valence-electron chi connectivity index (χ2n) is 7.56. The fourth-order valence-corrected chi connectivity index (χ4v) is 4.16. The number of pyridine rings is 1. The number of carboxylic acid groups (broad SMARTS) is 1. The van der Waals surface area contributed by atoms with Gasteiger partial charge in [0, 0.05) is 5.39 Å². The van der Waals surface area contributed by atoms with Gasteiger partial charge in [-0.1, -0.05) is 29.8 Å². The van der Waals surface area contributed by atoms with Crippen LogP contribution in [-0.2, 0) is 11.2 Å². The van der Waals surface area contributed by atoms with Gasteiger partial charge in [-0.2, -0.15) is 0 Å². The molecule has 0 saturated heterocycles. The number of aromatic nitrogens is 1. The Balaban J connectivity index is 2.25.